The summed E-state index contributed by atoms with van der Waals surface area (Å²) in [6, 6.07) is 28.9. The molecule has 0 radical (unpaired) electrons. The Balaban J connectivity index is 0.997. The van der Waals surface area contributed by atoms with Crippen LogP contribution in [-0.4, -0.2) is 67.7 Å². The third-order valence-electron chi connectivity index (χ3n) is 10.5. The van der Waals surface area contributed by atoms with E-state index in [4.69, 9.17) is 10.5 Å². The fourth-order valence-corrected chi connectivity index (χ4v) is 8.56. The van der Waals surface area contributed by atoms with Crippen molar-refractivity contribution in [2.75, 3.05) is 37.5 Å². The molecule has 0 spiro atoms. The van der Waals surface area contributed by atoms with Crippen LogP contribution >= 0.6 is 0 Å². The van der Waals surface area contributed by atoms with E-state index in [9.17, 15) is 33.0 Å². The Morgan fingerprint density at radius 2 is 1.73 bits per heavy atom. The number of aryl methyl sites for hydroxylation is 1. The van der Waals surface area contributed by atoms with Crippen LogP contribution in [0.5, 0.6) is 11.5 Å². The van der Waals surface area contributed by atoms with Crippen LogP contribution in [0.2, 0.25) is 0 Å². The average molecular weight is 865 g/mol. The van der Waals surface area contributed by atoms with E-state index in [0.717, 1.165) is 12.0 Å². The number of phenols is 1. The van der Waals surface area contributed by atoms with E-state index in [1.807, 2.05) is 0 Å². The van der Waals surface area contributed by atoms with Crippen molar-refractivity contribution in [3.05, 3.63) is 154 Å². The lowest BCUT2D eigenvalue weighted by molar-refractivity contribution is 0.0987. The number of nitrogens with two attached hydrogens (primary N) is 1. The number of unbranched alkanes of at least 4 members (excludes halogenated alkanes) is 1. The van der Waals surface area contributed by atoms with Crippen LogP contribution in [0.25, 0.3) is 21.8 Å². The van der Waals surface area contributed by atoms with Crippen LogP contribution in [0.15, 0.2) is 130 Å². The minimum absolute atomic E-state index is 0.0610. The number of nitrogens with one attached hydrogen (secondary N) is 3. The quantitative estimate of drug-likeness (QED) is 0.0512. The van der Waals surface area contributed by atoms with Gasteiger partial charge in [-0.05, 0) is 110 Å². The number of ether oxygens (including phenoxy) is 1. The van der Waals surface area contributed by atoms with Crippen molar-refractivity contribution in [1.82, 2.24) is 15.3 Å². The first-order chi connectivity index (χ1) is 30.2. The number of benzene rings is 5. The normalized spacial score (nSPS) is 11.7. The first-order valence-corrected chi connectivity index (χ1v) is 21.3. The predicted octanol–water partition coefficient (Wildman–Crippen LogP) is 6.51. The molecule has 5 aromatic carbocycles. The zero-order valence-electron chi connectivity index (χ0n) is 34.6. The van der Waals surface area contributed by atoms with Gasteiger partial charge in [0.25, 0.3) is 11.8 Å². The third kappa shape index (κ3) is 9.53. The highest BCUT2D eigenvalue weighted by Crippen LogP contribution is 2.35. The summed E-state index contributed by atoms with van der Waals surface area (Å²) in [6.45, 7) is 2.60. The first kappa shape index (κ1) is 43.6. The number of sulfone groups is 1. The van der Waals surface area contributed by atoms with Gasteiger partial charge >= 0.3 is 0 Å². The minimum Gasteiger partial charge on any atom is -0.506 e. The van der Waals surface area contributed by atoms with E-state index < -0.39 is 27.8 Å². The van der Waals surface area contributed by atoms with Gasteiger partial charge in [0, 0.05) is 71.6 Å². The summed E-state index contributed by atoms with van der Waals surface area (Å²) >= 11 is 0. The molecular weight excluding hydrogens is 821 g/mol. The van der Waals surface area contributed by atoms with Gasteiger partial charge in [-0.1, -0.05) is 30.0 Å². The number of carbonyl (C=O) groups is 2. The number of fused-ring (bicyclic) bond motifs is 2. The third-order valence-corrected chi connectivity index (χ3v) is 12.2. The smallest absolute Gasteiger partial charge is 0.258 e. The van der Waals surface area contributed by atoms with Gasteiger partial charge in [0.1, 0.15) is 11.5 Å². The van der Waals surface area contributed by atoms with Crippen molar-refractivity contribution >= 4 is 60.5 Å². The van der Waals surface area contributed by atoms with E-state index in [0.29, 0.717) is 57.5 Å². The summed E-state index contributed by atoms with van der Waals surface area (Å²) in [5.41, 5.74) is 9.69. The number of primary amides is 1. The summed E-state index contributed by atoms with van der Waals surface area (Å²) in [7, 11) is -1.06. The lowest BCUT2D eigenvalue weighted by Gasteiger charge is -2.18. The Morgan fingerprint density at radius 1 is 0.952 bits per heavy atom. The highest BCUT2D eigenvalue weighted by molar-refractivity contribution is 7.91. The number of pyridine rings is 2. The van der Waals surface area contributed by atoms with E-state index >= 15 is 0 Å². The molecule has 0 aliphatic carbocycles. The molecule has 1 unspecified atom stereocenters. The summed E-state index contributed by atoms with van der Waals surface area (Å²) in [6.07, 6.45) is 1.82. The molecule has 0 saturated heterocycles. The van der Waals surface area contributed by atoms with Crippen LogP contribution in [0.1, 0.15) is 56.4 Å². The number of carbonyl (C=O) groups excluding carboxylic acids is 2. The molecular formula is C48H44N6O8S. The average Bonchev–Trinajstić information content (AvgIpc) is 3.28. The monoisotopic (exact) mass is 864 g/mol. The fraction of sp³-hybridized carbons (Fsp3) is 0.167. The molecule has 0 bridgehead atoms. The van der Waals surface area contributed by atoms with Gasteiger partial charge in [-0.2, -0.15) is 0 Å². The van der Waals surface area contributed by atoms with Crippen molar-refractivity contribution in [3.63, 3.8) is 0 Å². The Bertz CT molecular complexity index is 3120. The number of aromatic amines is 1. The number of phenolic OH excluding ortho intramolecular Hbond substituents is 1. The molecule has 63 heavy (non-hydrogen) atoms. The number of H-pyrrole nitrogens is 1. The van der Waals surface area contributed by atoms with Crippen LogP contribution in [0.4, 0.5) is 17.1 Å². The van der Waals surface area contributed by atoms with Crippen molar-refractivity contribution in [2.24, 2.45) is 5.73 Å². The van der Waals surface area contributed by atoms with E-state index in [2.05, 4.69) is 32.4 Å². The van der Waals surface area contributed by atoms with E-state index in [-0.39, 0.29) is 50.0 Å². The number of aromatic nitrogens is 2. The molecule has 0 fully saturated rings. The maximum absolute atomic E-state index is 14.2. The lowest BCUT2D eigenvalue weighted by atomic mass is 10.0. The summed E-state index contributed by atoms with van der Waals surface area (Å²) in [5, 5.41) is 28.2. The Kier molecular flexibility index (Phi) is 12.9. The van der Waals surface area contributed by atoms with Gasteiger partial charge in [0.2, 0.25) is 15.4 Å². The Morgan fingerprint density at radius 3 is 2.49 bits per heavy atom. The second-order valence-electron chi connectivity index (χ2n) is 14.8. The highest BCUT2D eigenvalue weighted by Gasteiger charge is 2.24. The zero-order valence-corrected chi connectivity index (χ0v) is 35.4. The maximum atomic E-state index is 14.2. The zero-order chi connectivity index (χ0) is 44.8. The van der Waals surface area contributed by atoms with Gasteiger partial charge < -0.3 is 41.2 Å². The summed E-state index contributed by atoms with van der Waals surface area (Å²) in [5.74, 6) is 5.59. The molecule has 2 aromatic heterocycles. The lowest BCUT2D eigenvalue weighted by Crippen LogP contribution is -2.26. The second-order valence-corrected chi connectivity index (χ2v) is 16.7. The van der Waals surface area contributed by atoms with Crippen molar-refractivity contribution in [1.29, 1.82) is 0 Å². The molecule has 2 amide bonds. The van der Waals surface area contributed by atoms with Gasteiger partial charge in [-0.15, -0.1) is 0 Å². The number of rotatable bonds is 14. The maximum Gasteiger partial charge on any atom is 0.258 e. The summed E-state index contributed by atoms with van der Waals surface area (Å²) in [4.78, 5) is 46.3. The molecule has 1 atom stereocenters. The second kappa shape index (κ2) is 18.6. The molecule has 0 aliphatic heterocycles. The number of nitrogens with zero attached hydrogens (tertiary/aromatic N) is 2. The number of aliphatic hydroxyl groups is 1. The molecule has 7 aromatic rings. The molecule has 0 aliphatic rings. The molecule has 7 N–H and O–H groups in total. The SMILES string of the molecule is COc1cccc(Nc2c(C(N)=O)cnc3c(C)cc(S(=O)(=O)c4cccc(C(=O)N(C)c5ccc(C#CCCCNCC(O)c6ccc(O)c7[nH]c(=O)ccc67)cc5)c4)cc23)c1. The van der Waals surface area contributed by atoms with Crippen LogP contribution in [-0.2, 0) is 9.84 Å². The van der Waals surface area contributed by atoms with Crippen molar-refractivity contribution in [2.45, 2.75) is 35.7 Å². The molecule has 2 heterocycles. The highest BCUT2D eigenvalue weighted by atomic mass is 32.2. The van der Waals surface area contributed by atoms with E-state index in [1.165, 1.54) is 60.7 Å². The summed E-state index contributed by atoms with van der Waals surface area (Å²) < 4.78 is 33.8. The molecule has 15 heteroatoms. The molecule has 320 valence electrons. The van der Waals surface area contributed by atoms with Gasteiger partial charge in [-0.25, -0.2) is 8.42 Å². The number of hydrogen-bond acceptors (Lipinski definition) is 11. The number of amides is 2. The van der Waals surface area contributed by atoms with Crippen LogP contribution < -0.4 is 31.6 Å². The molecule has 0 saturated carbocycles. The number of aliphatic hydroxyl groups excluding tert-OH is 1. The number of anilines is 3. The van der Waals surface area contributed by atoms with Gasteiger partial charge in [0.15, 0.2) is 0 Å². The Labute approximate surface area is 363 Å². The first-order valence-electron chi connectivity index (χ1n) is 19.8. The Hall–Kier alpha value is -7.51. The topological polar surface area (TPSA) is 217 Å². The molecule has 7 rings (SSSR count). The van der Waals surface area contributed by atoms with Crippen LogP contribution in [0, 0.1) is 18.8 Å². The van der Waals surface area contributed by atoms with Crippen LogP contribution in [0.3, 0.4) is 0 Å². The van der Waals surface area contributed by atoms with Gasteiger partial charge in [0.05, 0.1) is 45.3 Å². The molecule has 14 nitrogen and oxygen atoms in total. The number of hydrogen-bond donors (Lipinski definition) is 6. The minimum atomic E-state index is -4.19. The number of methoxy groups -OCH3 is 1. The largest absolute Gasteiger partial charge is 0.506 e. The fourth-order valence-electron chi connectivity index (χ4n) is 7.15. The van der Waals surface area contributed by atoms with Crippen molar-refractivity contribution < 1.29 is 33.0 Å². The van der Waals surface area contributed by atoms with Gasteiger partial charge in [-0.3, -0.25) is 19.4 Å². The van der Waals surface area contributed by atoms with E-state index in [1.54, 1.807) is 80.7 Å². The predicted molar refractivity (Wildman–Crippen MR) is 243 cm³/mol. The number of aromatic hydroxyl groups is 1. The van der Waals surface area contributed by atoms with Crippen molar-refractivity contribution in [3.8, 4) is 23.3 Å². The standard InChI is InChI=1S/C48H44N6O8S/c1-29-23-36(26-39-44(29)51-27-40(47(49)58)45(39)52-32-11-8-12-34(25-32)62-3)63(60,61)35-13-7-10-31(24-35)48(59)54(2)33-16-14-30(15-17-33)9-5-4-6-22-50-28-42(56)37-18-20-41(55)46-38(37)19-21-43(57)53-46/h7-8,10-21,23-27,42,50,55-56H,4,6,22,28H2,1-3H3,(H2,49,58)(H,51,52)(H,53,57).